The van der Waals surface area contributed by atoms with E-state index in [1.54, 1.807) is 0 Å². The lowest BCUT2D eigenvalue weighted by atomic mass is 10.6. The lowest BCUT2D eigenvalue weighted by Gasteiger charge is -2.25. The highest BCUT2D eigenvalue weighted by atomic mass is 28.3. The van der Waals surface area contributed by atoms with E-state index in [1.165, 1.54) is 0 Å². The van der Waals surface area contributed by atoms with Gasteiger partial charge in [-0.2, -0.15) is 0 Å². The number of nitrogens with two attached hydrogens (primary N) is 1. The first kappa shape index (κ1) is 10.1. The van der Waals surface area contributed by atoms with Gasteiger partial charge in [0.2, 0.25) is 0 Å². The first-order chi connectivity index (χ1) is 4.49. The molecule has 0 aliphatic rings. The van der Waals surface area contributed by atoms with Gasteiger partial charge in [0.25, 0.3) is 0 Å². The fraction of sp³-hybridized carbons (Fsp3) is 1.00. The van der Waals surface area contributed by atoms with Crippen LogP contribution >= 0.6 is 0 Å². The summed E-state index contributed by atoms with van der Waals surface area (Å²) in [5.74, 6) is 0. The predicted molar refractivity (Wildman–Crippen MR) is 49.5 cm³/mol. The van der Waals surface area contributed by atoms with Gasteiger partial charge in [0.15, 0.2) is 0 Å². The molecule has 0 aromatic rings. The van der Waals surface area contributed by atoms with Crippen LogP contribution in [0, 0.1) is 0 Å². The molecule has 10 heavy (non-hydrogen) atoms. The normalized spacial score (nSPS) is 12.6. The Morgan fingerprint density at radius 2 is 1.60 bits per heavy atom. The van der Waals surface area contributed by atoms with Crippen molar-refractivity contribution in [2.24, 2.45) is 5.40 Å². The third-order valence-electron chi connectivity index (χ3n) is 1.53. The van der Waals surface area contributed by atoms with Gasteiger partial charge in [-0.05, 0) is 13.1 Å². The molecule has 0 unspecified atom stereocenters. The summed E-state index contributed by atoms with van der Waals surface area (Å²) >= 11 is 0. The summed E-state index contributed by atoms with van der Waals surface area (Å²) in [7, 11) is -1.34. The van der Waals surface area contributed by atoms with Gasteiger partial charge in [0.1, 0.15) is 8.24 Å². The van der Waals surface area contributed by atoms with E-state index < -0.39 is 8.24 Å². The summed E-state index contributed by atoms with van der Waals surface area (Å²) in [5.41, 5.74) is 0. The zero-order chi connectivity index (χ0) is 8.20. The third-order valence-corrected chi connectivity index (χ3v) is 2.79. The molecule has 0 saturated heterocycles. The second-order valence-electron chi connectivity index (χ2n) is 3.45. The van der Waals surface area contributed by atoms with E-state index in [-0.39, 0.29) is 0 Å². The zero-order valence-electron chi connectivity index (χ0n) is 7.65. The van der Waals surface area contributed by atoms with Crippen LogP contribution in [0.2, 0.25) is 13.1 Å². The van der Waals surface area contributed by atoms with Gasteiger partial charge >= 0.3 is 0 Å². The van der Waals surface area contributed by atoms with Crippen LogP contribution in [-0.2, 0) is 0 Å². The SMILES string of the molecule is CCN(CC)C[Si](C)(C)N. The van der Waals surface area contributed by atoms with Crippen LogP contribution in [0.3, 0.4) is 0 Å². The van der Waals surface area contributed by atoms with Gasteiger partial charge in [-0.3, -0.25) is 0 Å². The fourth-order valence-electron chi connectivity index (χ4n) is 1.02. The van der Waals surface area contributed by atoms with Crippen molar-refractivity contribution in [2.75, 3.05) is 19.3 Å². The molecular formula is C7H20N2Si. The molecule has 62 valence electrons. The fourth-order valence-corrected chi connectivity index (χ4v) is 2.62. The molecule has 0 atom stereocenters. The molecule has 0 bridgehead atoms. The molecule has 0 aliphatic carbocycles. The van der Waals surface area contributed by atoms with Crippen LogP contribution in [0.1, 0.15) is 13.8 Å². The van der Waals surface area contributed by atoms with Crippen molar-refractivity contribution in [3.05, 3.63) is 0 Å². The van der Waals surface area contributed by atoms with Gasteiger partial charge in [0, 0.05) is 6.17 Å². The first-order valence-electron chi connectivity index (χ1n) is 4.01. The lowest BCUT2D eigenvalue weighted by molar-refractivity contribution is 0.347. The van der Waals surface area contributed by atoms with Crippen molar-refractivity contribution in [2.45, 2.75) is 26.9 Å². The van der Waals surface area contributed by atoms with Crippen LogP contribution in [0.5, 0.6) is 0 Å². The second-order valence-corrected chi connectivity index (χ2v) is 7.74. The molecule has 0 amide bonds. The van der Waals surface area contributed by atoms with Crippen LogP contribution in [0.4, 0.5) is 0 Å². The number of nitrogens with zero attached hydrogens (tertiary/aromatic N) is 1. The average molecular weight is 160 g/mol. The maximum atomic E-state index is 5.98. The Bertz CT molecular complexity index is 84.1. The van der Waals surface area contributed by atoms with Crippen molar-refractivity contribution in [1.82, 2.24) is 4.90 Å². The van der Waals surface area contributed by atoms with Crippen molar-refractivity contribution < 1.29 is 0 Å². The minimum Gasteiger partial charge on any atom is -0.350 e. The van der Waals surface area contributed by atoms with Crippen molar-refractivity contribution in [3.8, 4) is 0 Å². The van der Waals surface area contributed by atoms with Crippen molar-refractivity contribution in [1.29, 1.82) is 0 Å². The van der Waals surface area contributed by atoms with E-state index >= 15 is 0 Å². The number of hydrogen-bond donors (Lipinski definition) is 1. The summed E-state index contributed by atoms with van der Waals surface area (Å²) in [6, 6.07) is 0. The van der Waals surface area contributed by atoms with Crippen molar-refractivity contribution in [3.63, 3.8) is 0 Å². The summed E-state index contributed by atoms with van der Waals surface area (Å²) in [6.07, 6.45) is 1.12. The molecule has 0 heterocycles. The Morgan fingerprint density at radius 1 is 1.20 bits per heavy atom. The molecule has 0 aromatic carbocycles. The van der Waals surface area contributed by atoms with Crippen molar-refractivity contribution >= 4 is 8.24 Å². The molecule has 0 aromatic heterocycles. The van der Waals surface area contributed by atoms with E-state index in [4.69, 9.17) is 5.40 Å². The van der Waals surface area contributed by atoms with Gasteiger partial charge in [-0.1, -0.05) is 26.9 Å². The lowest BCUT2D eigenvalue weighted by Crippen LogP contribution is -2.50. The second kappa shape index (κ2) is 4.11. The molecule has 0 spiro atoms. The summed E-state index contributed by atoms with van der Waals surface area (Å²) in [4.78, 5) is 2.40. The molecular weight excluding hydrogens is 140 g/mol. The van der Waals surface area contributed by atoms with Gasteiger partial charge in [-0.25, -0.2) is 0 Å². The van der Waals surface area contributed by atoms with Crippen LogP contribution in [0.15, 0.2) is 0 Å². The minimum absolute atomic E-state index is 1.12. The van der Waals surface area contributed by atoms with E-state index in [2.05, 4.69) is 31.8 Å². The predicted octanol–water partition coefficient (Wildman–Crippen LogP) is 1.03. The molecule has 0 radical (unpaired) electrons. The van der Waals surface area contributed by atoms with Gasteiger partial charge < -0.3 is 10.3 Å². The Hall–Kier alpha value is 0.137. The van der Waals surface area contributed by atoms with Gasteiger partial charge in [-0.15, -0.1) is 0 Å². The van der Waals surface area contributed by atoms with Crippen LogP contribution < -0.4 is 5.40 Å². The molecule has 0 saturated carbocycles. The Morgan fingerprint density at radius 3 is 1.70 bits per heavy atom. The highest BCUT2D eigenvalue weighted by Crippen LogP contribution is 1.96. The Labute approximate surface area is 65.5 Å². The maximum absolute atomic E-state index is 5.98. The van der Waals surface area contributed by atoms with Crippen LogP contribution in [-0.4, -0.2) is 32.4 Å². The van der Waals surface area contributed by atoms with E-state index in [9.17, 15) is 0 Å². The van der Waals surface area contributed by atoms with E-state index in [1.807, 2.05) is 0 Å². The summed E-state index contributed by atoms with van der Waals surface area (Å²) in [6.45, 7) is 11.0. The Kier molecular flexibility index (Phi) is 4.16. The third kappa shape index (κ3) is 4.96. The topological polar surface area (TPSA) is 29.3 Å². The molecule has 3 heteroatoms. The van der Waals surface area contributed by atoms with E-state index in [0.717, 1.165) is 19.3 Å². The smallest absolute Gasteiger partial charge is 0.130 e. The molecule has 2 nitrogen and oxygen atoms in total. The first-order valence-corrected chi connectivity index (χ1v) is 7.29. The average Bonchev–Trinajstić information content (AvgIpc) is 1.81. The number of hydrogen-bond acceptors (Lipinski definition) is 2. The minimum atomic E-state index is -1.34. The summed E-state index contributed by atoms with van der Waals surface area (Å²) in [5, 5.41) is 5.98. The van der Waals surface area contributed by atoms with Gasteiger partial charge in [0.05, 0.1) is 0 Å². The number of rotatable bonds is 4. The highest BCUT2D eigenvalue weighted by Gasteiger charge is 2.16. The van der Waals surface area contributed by atoms with Crippen LogP contribution in [0.25, 0.3) is 0 Å². The molecule has 0 aliphatic heterocycles. The quantitative estimate of drug-likeness (QED) is 0.622. The maximum Gasteiger partial charge on any atom is 0.130 e. The van der Waals surface area contributed by atoms with E-state index in [0.29, 0.717) is 0 Å². The molecule has 0 rings (SSSR count). The Balaban J connectivity index is 3.63. The summed E-state index contributed by atoms with van der Waals surface area (Å²) < 4.78 is 0. The molecule has 0 fully saturated rings. The molecule has 2 N–H and O–H groups in total. The highest BCUT2D eigenvalue weighted by molar-refractivity contribution is 6.74. The zero-order valence-corrected chi connectivity index (χ0v) is 8.65. The standard InChI is InChI=1S/C7H20N2Si/c1-5-9(6-2)7-10(3,4)8/h5-8H2,1-4H3. The monoisotopic (exact) mass is 160 g/mol. The largest absolute Gasteiger partial charge is 0.350 e.